The molecule has 0 atom stereocenters. The van der Waals surface area contributed by atoms with Gasteiger partial charge < -0.3 is 10.0 Å². The van der Waals surface area contributed by atoms with Gasteiger partial charge in [0.15, 0.2) is 0 Å². The fraction of sp³-hybridized carbons (Fsp3) is 0.909. The topological polar surface area (TPSA) is 40.5 Å². The monoisotopic (exact) mass is 199 g/mol. The van der Waals surface area contributed by atoms with Crippen molar-refractivity contribution < 1.29 is 9.90 Å². The zero-order chi connectivity index (χ0) is 10.8. The molecule has 1 rings (SSSR count). The number of likely N-dealkylation sites (tertiary alicyclic amines) is 1. The summed E-state index contributed by atoms with van der Waals surface area (Å²) in [6.45, 7) is 6.36. The first-order valence-corrected chi connectivity index (χ1v) is 5.36. The fourth-order valence-electron chi connectivity index (χ4n) is 2.32. The lowest BCUT2D eigenvalue weighted by atomic mass is 9.68. The third kappa shape index (κ3) is 2.47. The van der Waals surface area contributed by atoms with E-state index in [0.29, 0.717) is 12.3 Å². The molecule has 0 spiro atoms. The molecule has 0 aromatic heterocycles. The highest BCUT2D eigenvalue weighted by atomic mass is 16.4. The normalized spacial score (nSPS) is 22.6. The number of piperidine rings is 1. The molecular weight excluding hydrogens is 178 g/mol. The highest BCUT2D eigenvalue weighted by Crippen LogP contribution is 2.41. The summed E-state index contributed by atoms with van der Waals surface area (Å²) in [7, 11) is 2.10. The second kappa shape index (κ2) is 4.30. The van der Waals surface area contributed by atoms with Crippen LogP contribution in [-0.2, 0) is 4.79 Å². The number of aliphatic carboxylic acids is 1. The summed E-state index contributed by atoms with van der Waals surface area (Å²) < 4.78 is 0. The second-order valence-corrected chi connectivity index (χ2v) is 4.89. The van der Waals surface area contributed by atoms with Crippen molar-refractivity contribution in [2.75, 3.05) is 20.1 Å². The molecule has 0 amide bonds. The molecule has 14 heavy (non-hydrogen) atoms. The molecule has 0 aromatic rings. The van der Waals surface area contributed by atoms with E-state index in [1.54, 1.807) is 0 Å². The predicted molar refractivity (Wildman–Crippen MR) is 56.3 cm³/mol. The van der Waals surface area contributed by atoms with Gasteiger partial charge in [-0.15, -0.1) is 0 Å². The van der Waals surface area contributed by atoms with Crippen molar-refractivity contribution in [2.45, 2.75) is 33.1 Å². The summed E-state index contributed by atoms with van der Waals surface area (Å²) in [6.07, 6.45) is 2.37. The minimum absolute atomic E-state index is 0.0400. The molecule has 1 fully saturated rings. The van der Waals surface area contributed by atoms with Gasteiger partial charge >= 0.3 is 5.97 Å². The van der Waals surface area contributed by atoms with Gasteiger partial charge in [-0.2, -0.15) is 0 Å². The first-order chi connectivity index (χ1) is 6.46. The zero-order valence-electron chi connectivity index (χ0n) is 9.42. The van der Waals surface area contributed by atoms with Crippen molar-refractivity contribution in [3.63, 3.8) is 0 Å². The molecule has 0 aromatic carbocycles. The Labute approximate surface area is 86.1 Å². The van der Waals surface area contributed by atoms with Gasteiger partial charge in [0.25, 0.3) is 0 Å². The Balaban J connectivity index is 2.68. The smallest absolute Gasteiger partial charge is 0.303 e. The molecule has 0 radical (unpaired) electrons. The van der Waals surface area contributed by atoms with Crippen molar-refractivity contribution in [1.29, 1.82) is 0 Å². The molecule has 1 heterocycles. The summed E-state index contributed by atoms with van der Waals surface area (Å²) in [6, 6.07) is 0. The van der Waals surface area contributed by atoms with Crippen LogP contribution in [0.4, 0.5) is 0 Å². The van der Waals surface area contributed by atoms with Gasteiger partial charge in [-0.05, 0) is 44.3 Å². The van der Waals surface area contributed by atoms with Gasteiger partial charge in [0.1, 0.15) is 0 Å². The average Bonchev–Trinajstić information content (AvgIpc) is 2.08. The molecule has 0 bridgehead atoms. The number of carboxylic acids is 1. The first-order valence-electron chi connectivity index (χ1n) is 5.36. The van der Waals surface area contributed by atoms with E-state index in [9.17, 15) is 4.79 Å². The minimum atomic E-state index is -0.650. The van der Waals surface area contributed by atoms with E-state index < -0.39 is 5.97 Å². The SMILES string of the molecule is CC(C)C1(CC(=O)O)CCN(C)CC1. The minimum Gasteiger partial charge on any atom is -0.481 e. The quantitative estimate of drug-likeness (QED) is 0.754. The molecule has 0 saturated carbocycles. The van der Waals surface area contributed by atoms with E-state index in [1.165, 1.54) is 0 Å². The van der Waals surface area contributed by atoms with E-state index in [-0.39, 0.29) is 5.41 Å². The maximum atomic E-state index is 10.8. The molecular formula is C11H21NO2. The van der Waals surface area contributed by atoms with Crippen LogP contribution in [0.1, 0.15) is 33.1 Å². The van der Waals surface area contributed by atoms with Crippen LogP contribution in [0.25, 0.3) is 0 Å². The Hall–Kier alpha value is -0.570. The lowest BCUT2D eigenvalue weighted by molar-refractivity contribution is -0.141. The third-order valence-electron chi connectivity index (χ3n) is 3.71. The van der Waals surface area contributed by atoms with E-state index in [2.05, 4.69) is 25.8 Å². The number of nitrogens with zero attached hydrogens (tertiary/aromatic N) is 1. The van der Waals surface area contributed by atoms with Gasteiger partial charge in [-0.3, -0.25) is 4.79 Å². The lowest BCUT2D eigenvalue weighted by Crippen LogP contribution is -2.42. The molecule has 1 aliphatic rings. The van der Waals surface area contributed by atoms with Crippen LogP contribution in [0.5, 0.6) is 0 Å². The highest BCUT2D eigenvalue weighted by Gasteiger charge is 2.38. The Morgan fingerprint density at radius 1 is 1.43 bits per heavy atom. The maximum Gasteiger partial charge on any atom is 0.303 e. The summed E-state index contributed by atoms with van der Waals surface area (Å²) in [4.78, 5) is 13.1. The molecule has 82 valence electrons. The lowest BCUT2D eigenvalue weighted by Gasteiger charge is -2.42. The number of rotatable bonds is 3. The van der Waals surface area contributed by atoms with Gasteiger partial charge in [-0.1, -0.05) is 13.8 Å². The van der Waals surface area contributed by atoms with Crippen LogP contribution in [0.15, 0.2) is 0 Å². The van der Waals surface area contributed by atoms with E-state index in [0.717, 1.165) is 25.9 Å². The van der Waals surface area contributed by atoms with Crippen LogP contribution < -0.4 is 0 Å². The van der Waals surface area contributed by atoms with Gasteiger partial charge in [-0.25, -0.2) is 0 Å². The number of carboxylic acid groups (broad SMARTS) is 1. The average molecular weight is 199 g/mol. The highest BCUT2D eigenvalue weighted by molar-refractivity contribution is 5.67. The van der Waals surface area contributed by atoms with Crippen LogP contribution in [0.3, 0.4) is 0 Å². The maximum absolute atomic E-state index is 10.8. The van der Waals surface area contributed by atoms with Crippen LogP contribution in [0, 0.1) is 11.3 Å². The van der Waals surface area contributed by atoms with E-state index >= 15 is 0 Å². The second-order valence-electron chi connectivity index (χ2n) is 4.89. The number of carbonyl (C=O) groups is 1. The fourth-order valence-corrected chi connectivity index (χ4v) is 2.32. The Morgan fingerprint density at radius 3 is 2.29 bits per heavy atom. The van der Waals surface area contributed by atoms with Gasteiger partial charge in [0.05, 0.1) is 6.42 Å². The van der Waals surface area contributed by atoms with Crippen molar-refractivity contribution in [3.05, 3.63) is 0 Å². The molecule has 0 unspecified atom stereocenters. The molecule has 3 heteroatoms. The molecule has 1 saturated heterocycles. The molecule has 3 nitrogen and oxygen atoms in total. The third-order valence-corrected chi connectivity index (χ3v) is 3.71. The Morgan fingerprint density at radius 2 is 1.93 bits per heavy atom. The van der Waals surface area contributed by atoms with Crippen molar-refractivity contribution >= 4 is 5.97 Å². The molecule has 1 N–H and O–H groups in total. The van der Waals surface area contributed by atoms with Gasteiger partial charge in [0.2, 0.25) is 0 Å². The standard InChI is InChI=1S/C11H21NO2/c1-9(2)11(8-10(13)14)4-6-12(3)7-5-11/h9H,4-8H2,1-3H3,(H,13,14). The molecule has 1 aliphatic heterocycles. The van der Waals surface area contributed by atoms with Crippen molar-refractivity contribution in [2.24, 2.45) is 11.3 Å². The van der Waals surface area contributed by atoms with Gasteiger partial charge in [0, 0.05) is 0 Å². The van der Waals surface area contributed by atoms with Crippen molar-refractivity contribution in [3.8, 4) is 0 Å². The van der Waals surface area contributed by atoms with Crippen LogP contribution in [-0.4, -0.2) is 36.1 Å². The summed E-state index contributed by atoms with van der Waals surface area (Å²) in [5.74, 6) is -0.185. The summed E-state index contributed by atoms with van der Waals surface area (Å²) >= 11 is 0. The number of hydrogen-bond donors (Lipinski definition) is 1. The Kier molecular flexibility index (Phi) is 3.53. The summed E-state index contributed by atoms with van der Waals surface area (Å²) in [5.41, 5.74) is 0.0400. The van der Waals surface area contributed by atoms with E-state index in [1.807, 2.05) is 0 Å². The van der Waals surface area contributed by atoms with E-state index in [4.69, 9.17) is 5.11 Å². The molecule has 0 aliphatic carbocycles. The Bertz CT molecular complexity index is 205. The summed E-state index contributed by atoms with van der Waals surface area (Å²) in [5, 5.41) is 8.93. The first kappa shape index (κ1) is 11.5. The largest absolute Gasteiger partial charge is 0.481 e. The number of hydrogen-bond acceptors (Lipinski definition) is 2. The zero-order valence-corrected chi connectivity index (χ0v) is 9.42. The predicted octanol–water partition coefficient (Wildman–Crippen LogP) is 1.83. The van der Waals surface area contributed by atoms with Crippen LogP contribution in [0.2, 0.25) is 0 Å². The van der Waals surface area contributed by atoms with Crippen molar-refractivity contribution in [1.82, 2.24) is 4.90 Å². The van der Waals surface area contributed by atoms with Crippen LogP contribution >= 0.6 is 0 Å².